The van der Waals surface area contributed by atoms with Gasteiger partial charge in [-0.3, -0.25) is 86.3 Å². The molecule has 666 valence electrons. The van der Waals surface area contributed by atoms with Gasteiger partial charge in [0.05, 0.1) is 63.8 Å². The first-order valence-corrected chi connectivity index (χ1v) is 38.6. The number of carbonyl (C=O) groups is 18. The number of para-hydroxylation sites is 1. The maximum atomic E-state index is 14.8. The van der Waals surface area contributed by atoms with Crippen LogP contribution in [0.5, 0.6) is 5.75 Å². The second kappa shape index (κ2) is 50.2. The molecule has 4 rings (SSSR count). The number of aromatic nitrogens is 3. The van der Waals surface area contributed by atoms with Crippen LogP contribution in [0.3, 0.4) is 0 Å². The Kier molecular flexibility index (Phi) is 41.7. The summed E-state index contributed by atoms with van der Waals surface area (Å²) in [6, 6.07) is -8.69. The number of hydrogen-bond donors (Lipinski definition) is 27. The molecule has 0 aliphatic rings. The summed E-state index contributed by atoms with van der Waals surface area (Å²) in [7, 11) is 0. The van der Waals surface area contributed by atoms with Crippen molar-refractivity contribution in [3.05, 3.63) is 84.1 Å². The highest BCUT2D eigenvalue weighted by Gasteiger charge is 2.39. The number of rotatable bonds is 52. The van der Waals surface area contributed by atoms with Crippen molar-refractivity contribution in [2.75, 3.05) is 45.9 Å². The molecule has 0 saturated heterocycles. The highest BCUT2D eigenvalue weighted by atomic mass is 16.4. The molecule has 0 aliphatic heterocycles. The summed E-state index contributed by atoms with van der Waals surface area (Å²) in [5.41, 5.74) is 13.5. The van der Waals surface area contributed by atoms with E-state index in [0.717, 1.165) is 13.8 Å². The smallest absolute Gasteiger partial charge is 0.322 e. The number of nitrogens with zero attached hydrogens (tertiary/aromatic N) is 1. The Morgan fingerprint density at radius 2 is 0.917 bits per heavy atom. The van der Waals surface area contributed by atoms with Gasteiger partial charge in [0.2, 0.25) is 94.5 Å². The van der Waals surface area contributed by atoms with Crippen LogP contribution in [0.15, 0.2) is 67.3 Å². The van der Waals surface area contributed by atoms with Crippen molar-refractivity contribution in [3.63, 3.8) is 0 Å². The molecule has 46 nitrogen and oxygen atoms in total. The number of aliphatic hydroxyl groups is 4. The molecule has 4 aromatic rings. The molecule has 29 N–H and O–H groups in total. The van der Waals surface area contributed by atoms with Gasteiger partial charge in [-0.25, -0.2) is 4.98 Å². The largest absolute Gasteiger partial charge is 0.508 e. The number of nitrogens with two attached hydrogens (primary N) is 2. The third-order valence-electron chi connectivity index (χ3n) is 18.7. The third-order valence-corrected chi connectivity index (χ3v) is 18.7. The summed E-state index contributed by atoms with van der Waals surface area (Å²) in [5, 5.41) is 108. The number of carboxylic acid groups (broad SMARTS) is 2. The van der Waals surface area contributed by atoms with Gasteiger partial charge in [0.1, 0.15) is 84.8 Å². The monoisotopic (exact) mass is 1710 g/mol. The molecule has 0 fully saturated rings. The maximum absolute atomic E-state index is 14.8. The summed E-state index contributed by atoms with van der Waals surface area (Å²) in [6.45, 7) is 5.56. The normalized spacial score (nSPS) is 15.1. The van der Waals surface area contributed by atoms with E-state index in [2.05, 4.69) is 100 Å². The van der Waals surface area contributed by atoms with Gasteiger partial charge in [-0.05, 0) is 94.7 Å². The SMILES string of the molecule is CC[C@H](C)[C@H](NC(=O)[C@@H](N)Cc1cnc[nH]1)C(=O)N[C@@H](CC(=O)O)C(=O)N[C@H](C(=O)NCC(=O)NCC(=O)NCC(=O)N[C@@H](CO)C(=O)N[C@H](C(=O)N[C@@H](Cc1c[nH]c2ccccc12)C(=O)N[C@@H](Cc1ccc(O)cc1)C(=O)N[C@@H](C)C(=O)N[C@@H](C)C(=O)N[C@@H](CO)C(=O)N[C@H](C(=O)N[C@@H](CCCCN)C(=O)NCC(=O)O)C(C)C)[C@@H](C)O)[C@@H](C)O. The second-order valence-corrected chi connectivity index (χ2v) is 28.9. The number of aromatic hydroxyl groups is 1. The number of aliphatic hydroxyl groups excluding tert-OH is 4. The van der Waals surface area contributed by atoms with Gasteiger partial charge in [0.15, 0.2) is 0 Å². The minimum Gasteiger partial charge on any atom is -0.508 e. The number of carbonyl (C=O) groups excluding carboxylic acids is 16. The van der Waals surface area contributed by atoms with Crippen LogP contribution in [0.25, 0.3) is 10.9 Å². The highest BCUT2D eigenvalue weighted by molar-refractivity contribution is 6.01. The molecule has 121 heavy (non-hydrogen) atoms. The number of H-pyrrole nitrogens is 2. The van der Waals surface area contributed by atoms with E-state index in [1.165, 1.54) is 56.8 Å². The molecule has 46 heteroatoms. The van der Waals surface area contributed by atoms with Gasteiger partial charge in [0, 0.05) is 48.3 Å². The van der Waals surface area contributed by atoms with Crippen molar-refractivity contribution in [2.24, 2.45) is 23.3 Å². The molecule has 0 bridgehead atoms. The Morgan fingerprint density at radius 3 is 1.48 bits per heavy atom. The van der Waals surface area contributed by atoms with E-state index in [9.17, 15) is 117 Å². The van der Waals surface area contributed by atoms with E-state index >= 15 is 0 Å². The molecular formula is C75H111N21O25. The van der Waals surface area contributed by atoms with Gasteiger partial charge < -0.3 is 142 Å². The van der Waals surface area contributed by atoms with E-state index < -0.39 is 255 Å². The van der Waals surface area contributed by atoms with E-state index in [1.54, 1.807) is 52.0 Å². The van der Waals surface area contributed by atoms with Gasteiger partial charge in [-0.15, -0.1) is 0 Å². The van der Waals surface area contributed by atoms with Crippen LogP contribution < -0.4 is 96.5 Å². The predicted octanol–water partition coefficient (Wildman–Crippen LogP) is -9.59. The van der Waals surface area contributed by atoms with Gasteiger partial charge in [-0.1, -0.05) is 64.4 Å². The number of unbranched alkanes of at least 4 members (excludes halogenated alkanes) is 1. The van der Waals surface area contributed by atoms with Crippen LogP contribution in [-0.2, 0) is 106 Å². The Hall–Kier alpha value is -12.8. The average Bonchev–Trinajstić information content (AvgIpc) is 1.70. The van der Waals surface area contributed by atoms with Crippen molar-refractivity contribution in [2.45, 2.75) is 198 Å². The lowest BCUT2D eigenvalue weighted by molar-refractivity contribution is -0.142. The topological polar surface area (TPSA) is 738 Å². The number of fused-ring (bicyclic) bond motifs is 1. The van der Waals surface area contributed by atoms with Crippen LogP contribution in [0.1, 0.15) is 104 Å². The summed E-state index contributed by atoms with van der Waals surface area (Å²) < 4.78 is 0. The number of aliphatic carboxylic acids is 2. The molecule has 0 radical (unpaired) electrons. The zero-order chi connectivity index (χ0) is 90.5. The van der Waals surface area contributed by atoms with Crippen molar-refractivity contribution >= 4 is 117 Å². The number of aromatic amines is 2. The van der Waals surface area contributed by atoms with Crippen molar-refractivity contribution in [1.29, 1.82) is 0 Å². The highest BCUT2D eigenvalue weighted by Crippen LogP contribution is 2.21. The number of phenols is 1. The summed E-state index contributed by atoms with van der Waals surface area (Å²) in [5.74, 6) is -21.2. The molecule has 16 amide bonds. The van der Waals surface area contributed by atoms with Crippen molar-refractivity contribution < 1.29 is 122 Å². The van der Waals surface area contributed by atoms with E-state index in [4.69, 9.17) is 16.6 Å². The van der Waals surface area contributed by atoms with Crippen LogP contribution >= 0.6 is 0 Å². The number of carboxylic acids is 2. The van der Waals surface area contributed by atoms with Crippen molar-refractivity contribution in [1.82, 2.24) is 100 Å². The van der Waals surface area contributed by atoms with Crippen LogP contribution in [0.2, 0.25) is 0 Å². The molecule has 2 heterocycles. The Labute approximate surface area is 693 Å². The Morgan fingerprint density at radius 1 is 0.446 bits per heavy atom. The lowest BCUT2D eigenvalue weighted by Crippen LogP contribution is -2.62. The molecule has 2 aromatic heterocycles. The fourth-order valence-corrected chi connectivity index (χ4v) is 11.6. The molecule has 0 unspecified atom stereocenters. The fraction of sp³-hybridized carbons (Fsp3) is 0.533. The number of amides is 16. The standard InChI is InChI=1S/C75H111N21O25/c1-9-36(4)60(94-65(111)46(77)24-43-27-78-34-84-43)74(120)91-51(25-57(105)106)69(115)95-61(39(7)99)72(118)82-29-55(103)80-28-54(102)81-30-56(104)87-52(32-97)70(116)96-62(40(8)100)75(121)90-50(23-42-26-79-47-15-11-10-14-45(42)47)68(114)89-49(22-41-17-19-44(101)20-18-41)67(113)86-37(5)63(109)85-38(6)64(110)92-53(33-98)71(117)93-59(35(2)3)73(119)88-48(16-12-13-21-76)66(112)83-31-58(107)108/h10-11,14-15,17-20,26-27,34-40,46,48-53,59-62,79,97-101H,9,12-13,16,21-25,28-33,76-77H2,1-8H3,(H,78,84)(H,80,103)(H,81,102)(H,82,118)(H,83,112)(H,85,109)(H,86,113)(H,87,104)(H,88,119)(H,89,114)(H,90,121)(H,91,120)(H,92,110)(H,93,117)(H,94,111)(H,95,115)(H,96,116)(H,105,106)(H,107,108)/t36-,37-,38-,39+,40+,46-,48-,49-,50-,51-,52-,53-,59-,60-,61-,62-/m0/s1. The summed E-state index contributed by atoms with van der Waals surface area (Å²) in [4.78, 5) is 249. The lowest BCUT2D eigenvalue weighted by atomic mass is 9.97. The number of benzene rings is 2. The van der Waals surface area contributed by atoms with E-state index in [1.807, 2.05) is 0 Å². The zero-order valence-corrected chi connectivity index (χ0v) is 67.9. The van der Waals surface area contributed by atoms with Crippen LogP contribution in [-0.4, -0.2) is 294 Å². The molecular weight excluding hydrogens is 1590 g/mol. The average molecular weight is 1710 g/mol. The summed E-state index contributed by atoms with van der Waals surface area (Å²) >= 11 is 0. The van der Waals surface area contributed by atoms with Gasteiger partial charge in [0.25, 0.3) is 0 Å². The third kappa shape index (κ3) is 33.9. The first-order chi connectivity index (χ1) is 57.1. The number of nitrogens with one attached hydrogen (secondary N) is 18. The van der Waals surface area contributed by atoms with Gasteiger partial charge in [-0.2, -0.15) is 0 Å². The molecule has 0 saturated carbocycles. The minimum absolute atomic E-state index is 0.00863. The Balaban J connectivity index is 1.40. The second-order valence-electron chi connectivity index (χ2n) is 28.9. The minimum atomic E-state index is -1.98. The first-order valence-electron chi connectivity index (χ1n) is 38.6. The maximum Gasteiger partial charge on any atom is 0.322 e. The van der Waals surface area contributed by atoms with Crippen LogP contribution in [0.4, 0.5) is 0 Å². The van der Waals surface area contributed by atoms with Gasteiger partial charge >= 0.3 is 11.9 Å². The van der Waals surface area contributed by atoms with Crippen LogP contribution in [0, 0.1) is 11.8 Å². The zero-order valence-electron chi connectivity index (χ0n) is 67.9. The lowest BCUT2D eigenvalue weighted by Gasteiger charge is -2.28. The molecule has 0 aliphatic carbocycles. The number of imidazole rings is 1. The number of phenolic OH excluding ortho intramolecular Hbond substituents is 1. The Bertz CT molecular complexity index is 4240. The quantitative estimate of drug-likeness (QED) is 0.0183. The van der Waals surface area contributed by atoms with Crippen molar-refractivity contribution in [3.8, 4) is 5.75 Å². The summed E-state index contributed by atoms with van der Waals surface area (Å²) in [6.07, 6.45) is 0.270. The van der Waals surface area contributed by atoms with E-state index in [0.29, 0.717) is 47.0 Å². The molecule has 2 aromatic carbocycles. The van der Waals surface area contributed by atoms with E-state index in [-0.39, 0.29) is 38.0 Å². The first kappa shape index (κ1) is 101. The predicted molar refractivity (Wildman–Crippen MR) is 425 cm³/mol. The molecule has 16 atom stereocenters. The molecule has 0 spiro atoms. The fourth-order valence-electron chi connectivity index (χ4n) is 11.6. The number of hydrogen-bond acceptors (Lipinski definition) is 26.